The van der Waals surface area contributed by atoms with Crippen molar-refractivity contribution in [2.24, 2.45) is 11.1 Å². The van der Waals surface area contributed by atoms with Crippen molar-refractivity contribution in [3.63, 3.8) is 0 Å². The van der Waals surface area contributed by atoms with Crippen LogP contribution in [0.2, 0.25) is 0 Å². The summed E-state index contributed by atoms with van der Waals surface area (Å²) in [6.45, 7) is 6.11. The predicted octanol–water partition coefficient (Wildman–Crippen LogP) is 2.78. The van der Waals surface area contributed by atoms with Crippen molar-refractivity contribution in [3.8, 4) is 0 Å². The first-order chi connectivity index (χ1) is 12.5. The molecule has 3 rings (SSSR count). The molecule has 0 spiro atoms. The van der Waals surface area contributed by atoms with Crippen LogP contribution in [-0.4, -0.2) is 42.7 Å². The van der Waals surface area contributed by atoms with Crippen LogP contribution >= 0.6 is 0 Å². The van der Waals surface area contributed by atoms with Crippen LogP contribution in [0.25, 0.3) is 10.9 Å². The standard InChI is InChI=1S/C20H26N2O4/c1-3-26-19(24)18-11-16-5-4-15(14(2)23)10-17(16)22(18)13-20(12-21)6-8-25-9-7-20/h4-5,10-11H,3,6-9,12-13,21H2,1-2H3. The molecule has 2 N–H and O–H groups in total. The monoisotopic (exact) mass is 358 g/mol. The molecule has 1 aromatic heterocycles. The maximum Gasteiger partial charge on any atom is 0.354 e. The molecule has 0 radical (unpaired) electrons. The van der Waals surface area contributed by atoms with Crippen molar-refractivity contribution >= 4 is 22.7 Å². The number of fused-ring (bicyclic) bond motifs is 1. The summed E-state index contributed by atoms with van der Waals surface area (Å²) in [4.78, 5) is 24.3. The van der Waals surface area contributed by atoms with E-state index in [2.05, 4.69) is 0 Å². The molecule has 0 bridgehead atoms. The normalized spacial score (nSPS) is 16.6. The van der Waals surface area contributed by atoms with Gasteiger partial charge in [-0.2, -0.15) is 0 Å². The fourth-order valence-electron chi connectivity index (χ4n) is 3.58. The van der Waals surface area contributed by atoms with Gasteiger partial charge in [-0.15, -0.1) is 0 Å². The molecule has 140 valence electrons. The molecular formula is C20H26N2O4. The van der Waals surface area contributed by atoms with Gasteiger partial charge < -0.3 is 19.8 Å². The van der Waals surface area contributed by atoms with Crippen molar-refractivity contribution < 1.29 is 19.1 Å². The topological polar surface area (TPSA) is 83.6 Å². The number of carbonyl (C=O) groups is 2. The Balaban J connectivity index is 2.11. The van der Waals surface area contributed by atoms with E-state index in [0.29, 0.717) is 44.2 Å². The number of aromatic nitrogens is 1. The first-order valence-electron chi connectivity index (χ1n) is 9.09. The van der Waals surface area contributed by atoms with Gasteiger partial charge in [0.15, 0.2) is 5.78 Å². The second-order valence-electron chi connectivity index (χ2n) is 6.98. The second-order valence-corrected chi connectivity index (χ2v) is 6.98. The largest absolute Gasteiger partial charge is 0.461 e. The first-order valence-corrected chi connectivity index (χ1v) is 9.09. The van der Waals surface area contributed by atoms with Crippen molar-refractivity contribution in [2.75, 3.05) is 26.4 Å². The molecular weight excluding hydrogens is 332 g/mol. The third-order valence-corrected chi connectivity index (χ3v) is 5.28. The molecule has 0 amide bonds. The van der Waals surface area contributed by atoms with Crippen LogP contribution < -0.4 is 5.73 Å². The van der Waals surface area contributed by atoms with E-state index in [1.807, 2.05) is 22.8 Å². The Morgan fingerprint density at radius 2 is 2.00 bits per heavy atom. The molecule has 0 saturated carbocycles. The minimum Gasteiger partial charge on any atom is -0.461 e. The number of carbonyl (C=O) groups excluding carboxylic acids is 2. The fourth-order valence-corrected chi connectivity index (χ4v) is 3.58. The predicted molar refractivity (Wildman–Crippen MR) is 99.4 cm³/mol. The number of hydrogen-bond acceptors (Lipinski definition) is 5. The van der Waals surface area contributed by atoms with Gasteiger partial charge in [-0.1, -0.05) is 12.1 Å². The molecule has 0 atom stereocenters. The van der Waals surface area contributed by atoms with E-state index in [1.54, 1.807) is 19.9 Å². The Hall–Kier alpha value is -2.18. The minimum atomic E-state index is -0.354. The molecule has 1 aliphatic rings. The summed E-state index contributed by atoms with van der Waals surface area (Å²) in [5.41, 5.74) is 7.98. The Labute approximate surface area is 153 Å². The Morgan fingerprint density at radius 3 is 2.62 bits per heavy atom. The quantitative estimate of drug-likeness (QED) is 0.634. The Morgan fingerprint density at radius 1 is 1.27 bits per heavy atom. The number of rotatable bonds is 6. The van der Waals surface area contributed by atoms with E-state index >= 15 is 0 Å². The van der Waals surface area contributed by atoms with Crippen molar-refractivity contribution in [1.29, 1.82) is 0 Å². The summed E-state index contributed by atoms with van der Waals surface area (Å²) in [7, 11) is 0. The second kappa shape index (κ2) is 7.60. The molecule has 1 fully saturated rings. The van der Waals surface area contributed by atoms with Crippen LogP contribution in [0, 0.1) is 5.41 Å². The number of benzene rings is 1. The highest BCUT2D eigenvalue weighted by Crippen LogP contribution is 2.34. The van der Waals surface area contributed by atoms with Gasteiger partial charge in [0.2, 0.25) is 0 Å². The van der Waals surface area contributed by atoms with Gasteiger partial charge in [-0.05, 0) is 45.4 Å². The van der Waals surface area contributed by atoms with Gasteiger partial charge in [0.1, 0.15) is 5.69 Å². The summed E-state index contributed by atoms with van der Waals surface area (Å²) in [6.07, 6.45) is 1.69. The zero-order chi connectivity index (χ0) is 18.7. The molecule has 2 heterocycles. The van der Waals surface area contributed by atoms with E-state index in [0.717, 1.165) is 23.7 Å². The zero-order valence-electron chi connectivity index (χ0n) is 15.4. The highest BCUT2D eigenvalue weighted by atomic mass is 16.5. The summed E-state index contributed by atoms with van der Waals surface area (Å²) in [6, 6.07) is 7.35. The maximum absolute atomic E-state index is 12.5. The lowest BCUT2D eigenvalue weighted by Crippen LogP contribution is -2.40. The number of hydrogen-bond donors (Lipinski definition) is 1. The average Bonchev–Trinajstić information content (AvgIpc) is 3.00. The average molecular weight is 358 g/mol. The van der Waals surface area contributed by atoms with Gasteiger partial charge in [0.25, 0.3) is 0 Å². The van der Waals surface area contributed by atoms with E-state index in [4.69, 9.17) is 15.2 Å². The number of Topliss-reactive ketones (excluding diaryl/α,β-unsaturated/α-hetero) is 1. The highest BCUT2D eigenvalue weighted by molar-refractivity contribution is 6.00. The summed E-state index contributed by atoms with van der Waals surface area (Å²) < 4.78 is 12.7. The van der Waals surface area contributed by atoms with Crippen molar-refractivity contribution in [2.45, 2.75) is 33.2 Å². The number of nitrogens with zero attached hydrogens (tertiary/aromatic N) is 1. The smallest absolute Gasteiger partial charge is 0.354 e. The third kappa shape index (κ3) is 3.52. The van der Waals surface area contributed by atoms with Crippen LogP contribution in [0.5, 0.6) is 0 Å². The Bertz CT molecular complexity index is 819. The van der Waals surface area contributed by atoms with Gasteiger partial charge in [-0.25, -0.2) is 4.79 Å². The van der Waals surface area contributed by atoms with Crippen molar-refractivity contribution in [3.05, 3.63) is 35.5 Å². The van der Waals surface area contributed by atoms with Crippen LogP contribution in [0.3, 0.4) is 0 Å². The molecule has 1 aromatic carbocycles. The summed E-state index contributed by atoms with van der Waals surface area (Å²) >= 11 is 0. The van der Waals surface area contributed by atoms with E-state index in [-0.39, 0.29) is 17.2 Å². The molecule has 0 aliphatic carbocycles. The molecule has 0 unspecified atom stereocenters. The lowest BCUT2D eigenvalue weighted by Gasteiger charge is -2.37. The van der Waals surface area contributed by atoms with E-state index < -0.39 is 0 Å². The molecule has 26 heavy (non-hydrogen) atoms. The van der Waals surface area contributed by atoms with Gasteiger partial charge in [-0.3, -0.25) is 4.79 Å². The SMILES string of the molecule is CCOC(=O)c1cc2ccc(C(C)=O)cc2n1CC1(CN)CCOCC1. The lowest BCUT2D eigenvalue weighted by molar-refractivity contribution is 0.0101. The molecule has 1 aliphatic heterocycles. The number of ketones is 1. The van der Waals surface area contributed by atoms with Crippen LogP contribution in [0.1, 0.15) is 47.5 Å². The van der Waals surface area contributed by atoms with Gasteiger partial charge in [0, 0.05) is 41.6 Å². The fraction of sp³-hybridized carbons (Fsp3) is 0.500. The summed E-state index contributed by atoms with van der Waals surface area (Å²) in [5.74, 6) is -0.357. The van der Waals surface area contributed by atoms with Crippen molar-refractivity contribution in [1.82, 2.24) is 4.57 Å². The molecule has 2 aromatic rings. The van der Waals surface area contributed by atoms with Crippen LogP contribution in [-0.2, 0) is 16.0 Å². The minimum absolute atomic E-state index is 0.00283. The van der Waals surface area contributed by atoms with Crippen LogP contribution in [0.15, 0.2) is 24.3 Å². The maximum atomic E-state index is 12.5. The molecule has 6 nitrogen and oxygen atoms in total. The van der Waals surface area contributed by atoms with E-state index in [9.17, 15) is 9.59 Å². The lowest BCUT2D eigenvalue weighted by atomic mass is 9.80. The number of ether oxygens (including phenoxy) is 2. The van der Waals surface area contributed by atoms with Gasteiger partial charge in [0.05, 0.1) is 6.61 Å². The zero-order valence-corrected chi connectivity index (χ0v) is 15.4. The number of esters is 1. The summed E-state index contributed by atoms with van der Waals surface area (Å²) in [5, 5.41) is 0.914. The highest BCUT2D eigenvalue weighted by Gasteiger charge is 2.33. The Kier molecular flexibility index (Phi) is 5.44. The molecule has 1 saturated heterocycles. The van der Waals surface area contributed by atoms with Gasteiger partial charge >= 0.3 is 5.97 Å². The third-order valence-electron chi connectivity index (χ3n) is 5.28. The molecule has 6 heteroatoms. The number of nitrogens with two attached hydrogens (primary N) is 1. The van der Waals surface area contributed by atoms with E-state index in [1.165, 1.54) is 0 Å². The first kappa shape index (κ1) is 18.6. The van der Waals surface area contributed by atoms with Crippen LogP contribution in [0.4, 0.5) is 0 Å².